The van der Waals surface area contributed by atoms with Crippen molar-refractivity contribution in [2.75, 3.05) is 19.7 Å². The highest BCUT2D eigenvalue weighted by atomic mass is 28.3. The number of ether oxygens (including phenoxy) is 2. The van der Waals surface area contributed by atoms with Gasteiger partial charge in [-0.15, -0.1) is 0 Å². The molecule has 1 heterocycles. The van der Waals surface area contributed by atoms with Crippen LogP contribution in [0, 0.1) is 5.41 Å². The number of hydrogen-bond acceptors (Lipinski definition) is 5. The van der Waals surface area contributed by atoms with Gasteiger partial charge in [0.1, 0.15) is 11.0 Å². The van der Waals surface area contributed by atoms with E-state index in [0.29, 0.717) is 6.61 Å². The first-order valence-corrected chi connectivity index (χ1v) is 13.1. The fraction of sp³-hybridized carbons (Fsp3) is 0.833. The second-order valence-electron chi connectivity index (χ2n) is 9.32. The van der Waals surface area contributed by atoms with E-state index in [2.05, 4.69) is 25.0 Å². The number of carbonyl (C=O) groups excluding carboxylic acids is 2. The second kappa shape index (κ2) is 8.49. The lowest BCUT2D eigenvalue weighted by molar-refractivity contribution is -0.149. The monoisotopic (exact) mass is 402 g/mol. The number of alkyl carbamates (subject to hydrolysis) is 1. The van der Waals surface area contributed by atoms with Gasteiger partial charge in [0.05, 0.1) is 12.6 Å². The summed E-state index contributed by atoms with van der Waals surface area (Å²) in [4.78, 5) is 37.9. The predicted octanol–water partition coefficient (Wildman–Crippen LogP) is 3.15. The van der Waals surface area contributed by atoms with Crippen molar-refractivity contribution in [2.45, 2.75) is 71.4 Å². The summed E-state index contributed by atoms with van der Waals surface area (Å²) in [5.74, 6) is -1.05. The van der Waals surface area contributed by atoms with Gasteiger partial charge in [-0.25, -0.2) is 9.59 Å². The molecule has 27 heavy (non-hydrogen) atoms. The van der Waals surface area contributed by atoms with Crippen molar-refractivity contribution >= 4 is 26.2 Å². The molecule has 0 saturated carbocycles. The summed E-state index contributed by atoms with van der Waals surface area (Å²) in [6, 6.07) is 0.0827. The fourth-order valence-electron chi connectivity index (χ4n) is 2.92. The van der Waals surface area contributed by atoms with Gasteiger partial charge in [0.15, 0.2) is 0 Å². The average Bonchev–Trinajstić information content (AvgIpc) is 2.84. The van der Waals surface area contributed by atoms with Crippen LogP contribution in [0.15, 0.2) is 0 Å². The van der Waals surface area contributed by atoms with E-state index >= 15 is 0 Å². The van der Waals surface area contributed by atoms with E-state index in [4.69, 9.17) is 9.47 Å². The third-order valence-corrected chi connectivity index (χ3v) is 6.33. The van der Waals surface area contributed by atoms with Gasteiger partial charge in [-0.1, -0.05) is 26.6 Å². The van der Waals surface area contributed by atoms with E-state index in [1.54, 1.807) is 27.7 Å². The molecule has 2 unspecified atom stereocenters. The molecule has 1 aliphatic rings. The molecular weight excluding hydrogens is 368 g/mol. The minimum Gasteiger partial charge on any atom is -0.481 e. The topological polar surface area (TPSA) is 105 Å². The molecule has 0 aromatic heterocycles. The van der Waals surface area contributed by atoms with Crippen LogP contribution in [0.1, 0.15) is 34.1 Å². The minimum atomic E-state index is -1.34. The molecule has 0 bridgehead atoms. The van der Waals surface area contributed by atoms with Crippen LogP contribution in [-0.4, -0.2) is 67.6 Å². The summed E-state index contributed by atoms with van der Waals surface area (Å²) in [5, 5.41) is 12.5. The first-order valence-electron chi connectivity index (χ1n) is 9.35. The predicted molar refractivity (Wildman–Crippen MR) is 105 cm³/mol. The number of nitrogens with zero attached hydrogens (tertiary/aromatic N) is 1. The van der Waals surface area contributed by atoms with E-state index < -0.39 is 43.3 Å². The van der Waals surface area contributed by atoms with Crippen LogP contribution in [-0.2, 0) is 14.3 Å². The van der Waals surface area contributed by atoms with Crippen molar-refractivity contribution in [3.63, 3.8) is 0 Å². The molecule has 2 N–H and O–H groups in total. The highest BCUT2D eigenvalue weighted by Crippen LogP contribution is 2.35. The van der Waals surface area contributed by atoms with Gasteiger partial charge in [0.2, 0.25) is 0 Å². The number of carboxylic acid groups (broad SMARTS) is 1. The van der Waals surface area contributed by atoms with Crippen molar-refractivity contribution in [1.29, 1.82) is 0 Å². The van der Waals surface area contributed by atoms with Crippen molar-refractivity contribution in [3.8, 4) is 0 Å². The molecule has 1 fully saturated rings. The number of hydrogen-bond donors (Lipinski definition) is 2. The molecule has 1 saturated heterocycles. The Morgan fingerprint density at radius 1 is 1.26 bits per heavy atom. The Bertz CT molecular complexity index is 569. The number of carboxylic acids is 1. The van der Waals surface area contributed by atoms with E-state index in [9.17, 15) is 19.5 Å². The standard InChI is InChI=1S/C18H34N2O6Si/c1-8-18(14(21)22)12-20(16(24)26-17(2,3)4)11-13(18)19-15(23)25-9-10-27(5,6)7/h13H,8-12H2,1-7H3,(H,19,23)(H,21,22). The van der Waals surface area contributed by atoms with Gasteiger partial charge >= 0.3 is 18.2 Å². The van der Waals surface area contributed by atoms with Crippen molar-refractivity contribution in [2.24, 2.45) is 5.41 Å². The van der Waals surface area contributed by atoms with Crippen molar-refractivity contribution in [1.82, 2.24) is 10.2 Å². The van der Waals surface area contributed by atoms with Gasteiger partial charge < -0.3 is 24.8 Å². The van der Waals surface area contributed by atoms with Crippen LogP contribution in [0.4, 0.5) is 9.59 Å². The molecule has 0 aromatic carbocycles. The molecule has 1 aliphatic heterocycles. The summed E-state index contributed by atoms with van der Waals surface area (Å²) in [7, 11) is -1.34. The molecular formula is C18H34N2O6Si. The summed E-state index contributed by atoms with van der Waals surface area (Å²) >= 11 is 0. The number of aliphatic carboxylic acids is 1. The highest BCUT2D eigenvalue weighted by molar-refractivity contribution is 6.76. The van der Waals surface area contributed by atoms with Gasteiger partial charge in [-0.2, -0.15) is 0 Å². The van der Waals surface area contributed by atoms with E-state index in [1.165, 1.54) is 4.90 Å². The quantitative estimate of drug-likeness (QED) is 0.661. The average molecular weight is 403 g/mol. The Hall–Kier alpha value is -1.77. The molecule has 156 valence electrons. The maximum atomic E-state index is 12.4. The van der Waals surface area contributed by atoms with Crippen LogP contribution >= 0.6 is 0 Å². The SMILES string of the molecule is CCC1(C(=O)O)CN(C(=O)OC(C)(C)C)CC1NC(=O)OCC[Si](C)(C)C. The number of likely N-dealkylation sites (tertiary alicyclic amines) is 1. The normalized spacial score (nSPS) is 23.1. The first-order chi connectivity index (χ1) is 12.2. The molecule has 0 aliphatic carbocycles. The van der Waals surface area contributed by atoms with E-state index in [1.807, 2.05) is 0 Å². The molecule has 0 aromatic rings. The lowest BCUT2D eigenvalue weighted by Crippen LogP contribution is -2.51. The number of carbonyl (C=O) groups is 3. The van der Waals surface area contributed by atoms with Crippen LogP contribution in [0.2, 0.25) is 25.7 Å². The Balaban J connectivity index is 2.83. The third-order valence-electron chi connectivity index (χ3n) is 4.63. The minimum absolute atomic E-state index is 0.0202. The summed E-state index contributed by atoms with van der Waals surface area (Å²) in [5.41, 5.74) is -1.95. The van der Waals surface area contributed by atoms with E-state index in [-0.39, 0.29) is 19.5 Å². The molecule has 2 amide bonds. The van der Waals surface area contributed by atoms with Crippen LogP contribution < -0.4 is 5.32 Å². The summed E-state index contributed by atoms with van der Waals surface area (Å²) in [6.45, 7) is 13.9. The number of amides is 2. The molecule has 1 rings (SSSR count). The summed E-state index contributed by atoms with van der Waals surface area (Å²) < 4.78 is 10.6. The molecule has 0 spiro atoms. The third kappa shape index (κ3) is 6.71. The van der Waals surface area contributed by atoms with Gasteiger partial charge in [0.25, 0.3) is 0 Å². The first kappa shape index (κ1) is 23.3. The Kier molecular flexibility index (Phi) is 7.32. The second-order valence-corrected chi connectivity index (χ2v) is 14.9. The van der Waals surface area contributed by atoms with E-state index in [0.717, 1.165) is 6.04 Å². The van der Waals surface area contributed by atoms with Crippen LogP contribution in [0.3, 0.4) is 0 Å². The van der Waals surface area contributed by atoms with Crippen molar-refractivity contribution in [3.05, 3.63) is 0 Å². The van der Waals surface area contributed by atoms with Crippen LogP contribution in [0.25, 0.3) is 0 Å². The molecule has 2 atom stereocenters. The summed E-state index contributed by atoms with van der Waals surface area (Å²) in [6.07, 6.45) is -0.970. The molecule has 0 radical (unpaired) electrons. The fourth-order valence-corrected chi connectivity index (χ4v) is 3.63. The zero-order chi connectivity index (χ0) is 21.0. The van der Waals surface area contributed by atoms with Gasteiger partial charge in [-0.3, -0.25) is 4.79 Å². The lowest BCUT2D eigenvalue weighted by Gasteiger charge is -2.29. The van der Waals surface area contributed by atoms with Crippen LogP contribution in [0.5, 0.6) is 0 Å². The van der Waals surface area contributed by atoms with Gasteiger partial charge in [-0.05, 0) is 33.2 Å². The smallest absolute Gasteiger partial charge is 0.410 e. The number of nitrogens with one attached hydrogen (secondary N) is 1. The Labute approximate surface area is 162 Å². The Morgan fingerprint density at radius 3 is 2.30 bits per heavy atom. The largest absolute Gasteiger partial charge is 0.481 e. The highest BCUT2D eigenvalue weighted by Gasteiger charge is 2.54. The number of rotatable bonds is 6. The zero-order valence-electron chi connectivity index (χ0n) is 17.5. The maximum Gasteiger partial charge on any atom is 0.410 e. The lowest BCUT2D eigenvalue weighted by atomic mass is 9.80. The molecule has 8 nitrogen and oxygen atoms in total. The zero-order valence-corrected chi connectivity index (χ0v) is 18.5. The maximum absolute atomic E-state index is 12.4. The van der Waals surface area contributed by atoms with Gasteiger partial charge in [0, 0.05) is 21.2 Å². The Morgan fingerprint density at radius 2 is 1.85 bits per heavy atom. The molecule has 9 heteroatoms. The van der Waals surface area contributed by atoms with Crippen molar-refractivity contribution < 1.29 is 29.0 Å².